The smallest absolute Gasteiger partial charge is 0.351 e. The fourth-order valence-electron chi connectivity index (χ4n) is 5.96. The third kappa shape index (κ3) is 3.79. The Hall–Kier alpha value is -3.46. The molecule has 0 radical (unpaired) electrons. The van der Waals surface area contributed by atoms with Gasteiger partial charge in [0.1, 0.15) is 28.6 Å². The quantitative estimate of drug-likeness (QED) is 0.465. The second-order valence-electron chi connectivity index (χ2n) is 10.1. The summed E-state index contributed by atoms with van der Waals surface area (Å²) in [4.78, 5) is 38.8. The molecule has 3 aromatic rings. The van der Waals surface area contributed by atoms with Gasteiger partial charge in [-0.05, 0) is 50.5 Å². The van der Waals surface area contributed by atoms with Crippen LogP contribution in [0.3, 0.4) is 0 Å². The number of benzene rings is 1. The summed E-state index contributed by atoms with van der Waals surface area (Å²) in [5.41, 5.74) is -0.358. The molecule has 1 aliphatic carbocycles. The van der Waals surface area contributed by atoms with Crippen molar-refractivity contribution >= 4 is 34.4 Å². The maximum atomic E-state index is 15.3. The summed E-state index contributed by atoms with van der Waals surface area (Å²) >= 11 is 6.75. The zero-order chi connectivity index (χ0) is 25.9. The number of amides is 1. The molecule has 192 valence electrons. The number of piperazine rings is 1. The first-order chi connectivity index (χ1) is 17.8. The van der Waals surface area contributed by atoms with Gasteiger partial charge in [-0.2, -0.15) is 4.98 Å². The standard InChI is InChI=1S/C27H27ClFN5O3/c1-3-21(35)32-11-13-33(14-12-32)24-16-15-17(28)23-22-18(29)7-6-8-19(22)37-27(2)10-5-4-9-20(27)34(25(16)30-23)26(36)31-24/h3,6-8,15,20H,1,4-5,9-14H2,2H3/t20-,27?/m1/s1. The zero-order valence-corrected chi connectivity index (χ0v) is 21.3. The van der Waals surface area contributed by atoms with Crippen LogP contribution in [0.2, 0.25) is 5.02 Å². The van der Waals surface area contributed by atoms with Crippen LogP contribution >= 0.6 is 11.6 Å². The van der Waals surface area contributed by atoms with Crippen LogP contribution in [0.5, 0.6) is 5.75 Å². The third-order valence-electron chi connectivity index (χ3n) is 7.87. The van der Waals surface area contributed by atoms with Gasteiger partial charge >= 0.3 is 5.69 Å². The molecule has 2 atom stereocenters. The fourth-order valence-corrected chi connectivity index (χ4v) is 6.21. The molecule has 2 bridgehead atoms. The number of anilines is 1. The molecule has 3 aliphatic rings. The van der Waals surface area contributed by atoms with Gasteiger partial charge in [-0.25, -0.2) is 14.2 Å². The maximum Gasteiger partial charge on any atom is 0.351 e. The van der Waals surface area contributed by atoms with Crippen molar-refractivity contribution in [2.75, 3.05) is 31.1 Å². The largest absolute Gasteiger partial charge is 0.485 e. The highest BCUT2D eigenvalue weighted by Crippen LogP contribution is 2.47. The molecule has 4 heterocycles. The van der Waals surface area contributed by atoms with Crippen LogP contribution < -0.4 is 15.3 Å². The predicted molar refractivity (Wildman–Crippen MR) is 140 cm³/mol. The van der Waals surface area contributed by atoms with Crippen molar-refractivity contribution in [3.05, 3.63) is 58.2 Å². The van der Waals surface area contributed by atoms with Crippen LogP contribution in [-0.2, 0) is 4.79 Å². The van der Waals surface area contributed by atoms with Gasteiger partial charge in [0, 0.05) is 26.2 Å². The molecule has 2 aliphatic heterocycles. The molecule has 0 N–H and O–H groups in total. The van der Waals surface area contributed by atoms with Gasteiger partial charge in [0.15, 0.2) is 0 Å². The first-order valence-electron chi connectivity index (χ1n) is 12.6. The summed E-state index contributed by atoms with van der Waals surface area (Å²) in [6, 6.07) is 6.08. The lowest BCUT2D eigenvalue weighted by atomic mass is 9.81. The third-order valence-corrected chi connectivity index (χ3v) is 8.16. The number of ether oxygens (including phenoxy) is 1. The van der Waals surface area contributed by atoms with Crippen molar-refractivity contribution in [3.8, 4) is 17.0 Å². The van der Waals surface area contributed by atoms with Gasteiger partial charge in [-0.1, -0.05) is 30.7 Å². The lowest BCUT2D eigenvalue weighted by molar-refractivity contribution is -0.126. The minimum atomic E-state index is -0.766. The van der Waals surface area contributed by atoms with Gasteiger partial charge in [-0.3, -0.25) is 9.36 Å². The molecular weight excluding hydrogens is 497 g/mol. The predicted octanol–water partition coefficient (Wildman–Crippen LogP) is 4.35. The van der Waals surface area contributed by atoms with E-state index in [2.05, 4.69) is 11.6 Å². The van der Waals surface area contributed by atoms with Crippen LogP contribution in [0.1, 0.15) is 38.6 Å². The van der Waals surface area contributed by atoms with Gasteiger partial charge in [0.2, 0.25) is 5.91 Å². The number of halogens is 2. The highest BCUT2D eigenvalue weighted by Gasteiger charge is 2.43. The number of carbonyl (C=O) groups excluding carboxylic acids is 1. The van der Waals surface area contributed by atoms with E-state index in [1.165, 1.54) is 12.1 Å². The SMILES string of the molecule is C=CC(=O)N1CCN(c2nc(=O)n3c4nc(c(Cl)cc24)-c2c(F)cccc2OC2(C)CCCC[C@@H]32)CC1. The number of hydrogen-bond acceptors (Lipinski definition) is 6. The topological polar surface area (TPSA) is 80.6 Å². The van der Waals surface area contributed by atoms with Crippen LogP contribution in [0, 0.1) is 5.82 Å². The number of hydrogen-bond donors (Lipinski definition) is 0. The van der Waals surface area contributed by atoms with E-state index in [1.54, 1.807) is 27.7 Å². The summed E-state index contributed by atoms with van der Waals surface area (Å²) in [6.45, 7) is 7.47. The van der Waals surface area contributed by atoms with Crippen molar-refractivity contribution in [3.63, 3.8) is 0 Å². The van der Waals surface area contributed by atoms with Crippen molar-refractivity contribution in [2.45, 2.75) is 44.2 Å². The first-order valence-corrected chi connectivity index (χ1v) is 13.0. The second kappa shape index (κ2) is 8.83. The second-order valence-corrected chi connectivity index (χ2v) is 10.5. The molecule has 1 saturated heterocycles. The molecule has 6 rings (SSSR count). The summed E-state index contributed by atoms with van der Waals surface area (Å²) in [5, 5.41) is 0.857. The summed E-state index contributed by atoms with van der Waals surface area (Å²) in [6.07, 6.45) is 4.57. The van der Waals surface area contributed by atoms with Crippen LogP contribution in [0.15, 0.2) is 41.7 Å². The lowest BCUT2D eigenvalue weighted by Gasteiger charge is -2.42. The van der Waals surface area contributed by atoms with Crippen molar-refractivity contribution in [1.29, 1.82) is 0 Å². The Morgan fingerprint density at radius 3 is 2.78 bits per heavy atom. The molecule has 1 saturated carbocycles. The molecule has 0 spiro atoms. The van der Waals surface area contributed by atoms with Gasteiger partial charge in [0.05, 0.1) is 27.7 Å². The Labute approximate surface area is 218 Å². The number of pyridine rings is 1. The van der Waals surface area contributed by atoms with Gasteiger partial charge in [-0.15, -0.1) is 0 Å². The molecule has 2 fully saturated rings. The molecule has 1 unspecified atom stereocenters. The molecule has 37 heavy (non-hydrogen) atoms. The Bertz CT molecular complexity index is 1500. The minimum Gasteiger partial charge on any atom is -0.485 e. The Morgan fingerprint density at radius 1 is 1.24 bits per heavy atom. The summed E-state index contributed by atoms with van der Waals surface area (Å²) in [7, 11) is 0. The van der Waals surface area contributed by atoms with Gasteiger partial charge < -0.3 is 14.5 Å². The maximum absolute atomic E-state index is 15.3. The van der Waals surface area contributed by atoms with Crippen molar-refractivity contribution < 1.29 is 13.9 Å². The van der Waals surface area contributed by atoms with E-state index in [-0.39, 0.29) is 28.2 Å². The Morgan fingerprint density at radius 2 is 2.03 bits per heavy atom. The van der Waals surface area contributed by atoms with Crippen molar-refractivity contribution in [1.82, 2.24) is 19.4 Å². The number of fused-ring (bicyclic) bond motifs is 5. The van der Waals surface area contributed by atoms with E-state index in [0.717, 1.165) is 12.8 Å². The van der Waals surface area contributed by atoms with Gasteiger partial charge in [0.25, 0.3) is 0 Å². The van der Waals surface area contributed by atoms with Crippen LogP contribution in [0.4, 0.5) is 10.2 Å². The zero-order valence-electron chi connectivity index (χ0n) is 20.5. The fraction of sp³-hybridized carbons (Fsp3) is 0.407. The molecular formula is C27H27ClFN5O3. The van der Waals surface area contributed by atoms with E-state index in [0.29, 0.717) is 61.6 Å². The summed E-state index contributed by atoms with van der Waals surface area (Å²) < 4.78 is 23.4. The summed E-state index contributed by atoms with van der Waals surface area (Å²) in [5.74, 6) is 0.211. The number of nitrogens with zero attached hydrogens (tertiary/aromatic N) is 5. The average Bonchev–Trinajstić information content (AvgIpc) is 2.93. The molecule has 10 heteroatoms. The monoisotopic (exact) mass is 523 g/mol. The highest BCUT2D eigenvalue weighted by atomic mass is 35.5. The number of aromatic nitrogens is 3. The van der Waals surface area contributed by atoms with E-state index < -0.39 is 17.1 Å². The van der Waals surface area contributed by atoms with E-state index in [9.17, 15) is 9.59 Å². The highest BCUT2D eigenvalue weighted by molar-refractivity contribution is 6.34. The lowest BCUT2D eigenvalue weighted by Crippen LogP contribution is -2.50. The minimum absolute atomic E-state index is 0.127. The van der Waals surface area contributed by atoms with E-state index in [4.69, 9.17) is 21.3 Å². The van der Waals surface area contributed by atoms with Crippen LogP contribution in [-0.4, -0.2) is 57.1 Å². The number of carbonyl (C=O) groups is 1. The normalized spacial score (nSPS) is 22.9. The Kier molecular flexibility index (Phi) is 5.71. The van der Waals surface area contributed by atoms with Crippen LogP contribution in [0.25, 0.3) is 22.3 Å². The van der Waals surface area contributed by atoms with Crippen molar-refractivity contribution in [2.24, 2.45) is 0 Å². The molecule has 2 aromatic heterocycles. The Balaban J connectivity index is 1.59. The molecule has 1 aromatic carbocycles. The molecule has 8 nitrogen and oxygen atoms in total. The van der Waals surface area contributed by atoms with E-state index >= 15 is 4.39 Å². The molecule has 1 amide bonds. The van der Waals surface area contributed by atoms with E-state index in [1.807, 2.05) is 11.8 Å². The average molecular weight is 524 g/mol. The first kappa shape index (κ1) is 23.9. The number of rotatable bonds is 2.